The number of methoxy groups -OCH3 is 1. The normalized spacial score (nSPS) is 35.6. The van der Waals surface area contributed by atoms with Gasteiger partial charge in [-0.2, -0.15) is 0 Å². The van der Waals surface area contributed by atoms with Crippen LogP contribution in [0.25, 0.3) is 0 Å². The van der Waals surface area contributed by atoms with E-state index < -0.39 is 6.04 Å². The number of rotatable bonds is 7. The number of hydrogen-bond acceptors (Lipinski definition) is 5. The molecule has 0 radical (unpaired) electrons. The Kier molecular flexibility index (Phi) is 4.87. The zero-order chi connectivity index (χ0) is 20.0. The first-order valence-electron chi connectivity index (χ1n) is 10.9. The number of nitrogens with zero attached hydrogens (tertiary/aromatic N) is 1. The molecule has 1 N–H and O–H groups in total. The first-order valence-corrected chi connectivity index (χ1v) is 10.9. The molecule has 4 aliphatic carbocycles. The van der Waals surface area contributed by atoms with Crippen LogP contribution < -0.4 is 15.0 Å². The molecular formula is C23H30N2O4. The molecule has 4 bridgehead atoms. The van der Waals surface area contributed by atoms with E-state index in [2.05, 4.69) is 5.32 Å². The van der Waals surface area contributed by atoms with Gasteiger partial charge in [0.2, 0.25) is 5.91 Å². The summed E-state index contributed by atoms with van der Waals surface area (Å²) in [5.74, 6) is 2.70. The van der Waals surface area contributed by atoms with Crippen LogP contribution in [0.3, 0.4) is 0 Å². The average molecular weight is 399 g/mol. The molecule has 6 heteroatoms. The Hall–Kier alpha value is -1.92. The molecule has 1 aromatic carbocycles. The van der Waals surface area contributed by atoms with Crippen molar-refractivity contribution in [2.75, 3.05) is 25.2 Å². The van der Waals surface area contributed by atoms with Crippen LogP contribution in [0.1, 0.15) is 44.9 Å². The summed E-state index contributed by atoms with van der Waals surface area (Å²) in [6.07, 6.45) is 8.01. The molecule has 2 amide bonds. The fourth-order valence-electron chi connectivity index (χ4n) is 6.57. The molecule has 156 valence electrons. The molecule has 1 aliphatic heterocycles. The number of anilines is 1. The van der Waals surface area contributed by atoms with E-state index in [1.165, 1.54) is 43.4 Å². The van der Waals surface area contributed by atoms with E-state index in [0.717, 1.165) is 17.8 Å². The molecule has 0 aromatic heterocycles. The topological polar surface area (TPSA) is 67.9 Å². The molecule has 1 unspecified atom stereocenters. The Labute approximate surface area is 171 Å². The van der Waals surface area contributed by atoms with Gasteiger partial charge in [-0.25, -0.2) is 4.90 Å². The van der Waals surface area contributed by atoms with Crippen LogP contribution in [-0.2, 0) is 14.3 Å². The number of carbonyl (C=O) groups is 2. The van der Waals surface area contributed by atoms with Crippen molar-refractivity contribution in [2.45, 2.75) is 56.6 Å². The standard InChI is InChI=1S/C23H30N2O4/c1-28-20-5-3-2-4-19(20)25-21(26)11-18(22(25)27)24-6-7-29-23-12-15-8-16(13-23)10-17(9-15)14-23/h2-5,15-18,24H,6-14H2,1H3. The number of carbonyl (C=O) groups excluding carboxylic acids is 2. The van der Waals surface area contributed by atoms with Gasteiger partial charge in [0.1, 0.15) is 5.75 Å². The van der Waals surface area contributed by atoms with E-state index in [-0.39, 0.29) is 23.8 Å². The molecule has 4 saturated carbocycles. The number of nitrogens with one attached hydrogen (secondary N) is 1. The van der Waals surface area contributed by atoms with Crippen molar-refractivity contribution in [1.29, 1.82) is 0 Å². The van der Waals surface area contributed by atoms with Gasteiger partial charge in [-0.3, -0.25) is 9.59 Å². The van der Waals surface area contributed by atoms with Crippen molar-refractivity contribution in [2.24, 2.45) is 17.8 Å². The number of para-hydroxylation sites is 2. The highest BCUT2D eigenvalue weighted by molar-refractivity contribution is 6.23. The van der Waals surface area contributed by atoms with Gasteiger partial charge in [-0.15, -0.1) is 0 Å². The van der Waals surface area contributed by atoms with E-state index in [4.69, 9.17) is 9.47 Å². The van der Waals surface area contributed by atoms with Crippen LogP contribution in [-0.4, -0.2) is 43.7 Å². The van der Waals surface area contributed by atoms with E-state index in [1.807, 2.05) is 6.07 Å². The Morgan fingerprint density at radius 1 is 1.07 bits per heavy atom. The molecule has 29 heavy (non-hydrogen) atoms. The zero-order valence-electron chi connectivity index (χ0n) is 17.1. The molecule has 6 nitrogen and oxygen atoms in total. The molecule has 5 aliphatic rings. The molecule has 1 heterocycles. The summed E-state index contributed by atoms with van der Waals surface area (Å²) in [5, 5.41) is 3.25. The fraction of sp³-hybridized carbons (Fsp3) is 0.652. The first kappa shape index (κ1) is 19.1. The first-order chi connectivity index (χ1) is 14.1. The van der Waals surface area contributed by atoms with Crippen LogP contribution in [0.4, 0.5) is 5.69 Å². The lowest BCUT2D eigenvalue weighted by molar-refractivity contribution is -0.161. The second kappa shape index (κ2) is 7.40. The van der Waals surface area contributed by atoms with Crippen LogP contribution in [0.5, 0.6) is 5.75 Å². The maximum absolute atomic E-state index is 12.8. The van der Waals surface area contributed by atoms with Crippen molar-refractivity contribution < 1.29 is 19.1 Å². The monoisotopic (exact) mass is 398 g/mol. The van der Waals surface area contributed by atoms with E-state index in [1.54, 1.807) is 25.3 Å². The SMILES string of the molecule is COc1ccccc1N1C(=O)CC(NCCOC23CC4CC(CC(C4)C2)C3)C1=O. The molecule has 0 spiro atoms. The lowest BCUT2D eigenvalue weighted by atomic mass is 9.54. The minimum Gasteiger partial charge on any atom is -0.495 e. The quantitative estimate of drug-likeness (QED) is 0.565. The Bertz CT molecular complexity index is 773. The Morgan fingerprint density at radius 3 is 2.38 bits per heavy atom. The Balaban J connectivity index is 1.16. The van der Waals surface area contributed by atoms with Gasteiger partial charge >= 0.3 is 0 Å². The van der Waals surface area contributed by atoms with Gasteiger partial charge in [0.05, 0.1) is 37.5 Å². The minimum atomic E-state index is -0.493. The molecule has 6 rings (SSSR count). The van der Waals surface area contributed by atoms with Gasteiger partial charge in [0.25, 0.3) is 5.91 Å². The van der Waals surface area contributed by atoms with Gasteiger partial charge in [-0.05, 0) is 68.4 Å². The second-order valence-corrected chi connectivity index (χ2v) is 9.40. The molecule has 5 fully saturated rings. The number of benzene rings is 1. The molecule has 1 atom stereocenters. The molecule has 1 saturated heterocycles. The Morgan fingerprint density at radius 2 is 1.72 bits per heavy atom. The summed E-state index contributed by atoms with van der Waals surface area (Å²) < 4.78 is 11.7. The van der Waals surface area contributed by atoms with E-state index in [0.29, 0.717) is 24.6 Å². The highest BCUT2D eigenvalue weighted by Gasteiger charge is 2.51. The third kappa shape index (κ3) is 3.46. The number of ether oxygens (including phenoxy) is 2. The lowest BCUT2D eigenvalue weighted by Crippen LogP contribution is -2.52. The summed E-state index contributed by atoms with van der Waals surface area (Å²) in [7, 11) is 1.54. The summed E-state index contributed by atoms with van der Waals surface area (Å²) in [6, 6.07) is 6.64. The third-order valence-electron chi connectivity index (χ3n) is 7.36. The van der Waals surface area contributed by atoms with Crippen LogP contribution in [0.15, 0.2) is 24.3 Å². The molecular weight excluding hydrogens is 368 g/mol. The van der Waals surface area contributed by atoms with Crippen molar-refractivity contribution >= 4 is 17.5 Å². The number of imide groups is 1. The summed E-state index contributed by atoms with van der Waals surface area (Å²) >= 11 is 0. The predicted octanol–water partition coefficient (Wildman–Crippen LogP) is 2.90. The lowest BCUT2D eigenvalue weighted by Gasteiger charge is -2.56. The summed E-state index contributed by atoms with van der Waals surface area (Å²) in [6.45, 7) is 1.18. The van der Waals surface area contributed by atoms with Gasteiger partial charge in [-0.1, -0.05) is 12.1 Å². The van der Waals surface area contributed by atoms with Crippen LogP contribution >= 0.6 is 0 Å². The minimum absolute atomic E-state index is 0.0787. The van der Waals surface area contributed by atoms with Gasteiger partial charge in [0.15, 0.2) is 0 Å². The van der Waals surface area contributed by atoms with Crippen molar-refractivity contribution in [3.05, 3.63) is 24.3 Å². The maximum atomic E-state index is 12.8. The highest BCUT2D eigenvalue weighted by atomic mass is 16.5. The van der Waals surface area contributed by atoms with Crippen molar-refractivity contribution in [3.63, 3.8) is 0 Å². The maximum Gasteiger partial charge on any atom is 0.251 e. The van der Waals surface area contributed by atoms with Crippen LogP contribution in [0, 0.1) is 17.8 Å². The summed E-state index contributed by atoms with van der Waals surface area (Å²) in [5.41, 5.74) is 0.592. The fourth-order valence-corrected chi connectivity index (χ4v) is 6.57. The zero-order valence-corrected chi connectivity index (χ0v) is 17.1. The van der Waals surface area contributed by atoms with Gasteiger partial charge in [0, 0.05) is 6.54 Å². The average Bonchev–Trinajstić information content (AvgIpc) is 2.97. The third-order valence-corrected chi connectivity index (χ3v) is 7.36. The highest BCUT2D eigenvalue weighted by Crippen LogP contribution is 2.57. The van der Waals surface area contributed by atoms with Crippen LogP contribution in [0.2, 0.25) is 0 Å². The predicted molar refractivity (Wildman–Crippen MR) is 109 cm³/mol. The smallest absolute Gasteiger partial charge is 0.251 e. The van der Waals surface area contributed by atoms with E-state index >= 15 is 0 Å². The van der Waals surface area contributed by atoms with Crippen molar-refractivity contribution in [3.8, 4) is 5.75 Å². The largest absolute Gasteiger partial charge is 0.495 e. The van der Waals surface area contributed by atoms with Crippen molar-refractivity contribution in [1.82, 2.24) is 5.32 Å². The van der Waals surface area contributed by atoms with Gasteiger partial charge < -0.3 is 14.8 Å². The number of hydrogen-bond donors (Lipinski definition) is 1. The molecule has 1 aromatic rings. The second-order valence-electron chi connectivity index (χ2n) is 9.40. The number of amides is 2. The summed E-state index contributed by atoms with van der Waals surface area (Å²) in [4.78, 5) is 26.6. The van der Waals surface area contributed by atoms with E-state index in [9.17, 15) is 9.59 Å².